The molecule has 0 saturated heterocycles. The van der Waals surface area contributed by atoms with E-state index in [9.17, 15) is 13.6 Å². The number of benzene rings is 1. The molecule has 1 aromatic carbocycles. The summed E-state index contributed by atoms with van der Waals surface area (Å²) in [6, 6.07) is 9.84. The van der Waals surface area contributed by atoms with Crippen molar-refractivity contribution in [3.05, 3.63) is 51.6 Å². The van der Waals surface area contributed by atoms with Gasteiger partial charge in [-0.15, -0.1) is 0 Å². The first-order chi connectivity index (χ1) is 9.86. The number of halogens is 1. The maximum Gasteiger partial charge on any atom is 0.264 e. The first-order valence-electron chi connectivity index (χ1n) is 5.98. The van der Waals surface area contributed by atoms with Gasteiger partial charge in [0.05, 0.1) is 11.0 Å². The average molecular weight is 415 g/mol. The van der Waals surface area contributed by atoms with E-state index in [4.69, 9.17) is 4.42 Å². The molecule has 2 aromatic heterocycles. The second kappa shape index (κ2) is 4.99. The molecule has 0 aliphatic heterocycles. The number of fused-ring (bicyclic) bond motifs is 1. The van der Waals surface area contributed by atoms with Gasteiger partial charge in [0.25, 0.3) is 5.52 Å². The molecule has 0 bridgehead atoms. The second-order valence-corrected chi connectivity index (χ2v) is 7.70. The number of furan rings is 1. The number of hydrogen-bond acceptors (Lipinski definition) is 4. The molecule has 7 heteroatoms. The highest BCUT2D eigenvalue weighted by atomic mass is 127. The van der Waals surface area contributed by atoms with Gasteiger partial charge in [-0.25, -0.2) is 8.42 Å². The zero-order valence-electron chi connectivity index (χ0n) is 10.9. The fourth-order valence-corrected chi connectivity index (χ4v) is 3.31. The molecule has 0 aliphatic rings. The van der Waals surface area contributed by atoms with E-state index in [2.05, 4.69) is 0 Å². The van der Waals surface area contributed by atoms with Crippen LogP contribution in [0.25, 0.3) is 22.2 Å². The summed E-state index contributed by atoms with van der Waals surface area (Å²) < 4.78 is 30.2. The predicted molar refractivity (Wildman–Crippen MR) is 86.4 cm³/mol. The SMILES string of the molecule is CS(=O)(=O)c1cccc(-c2cc[n+]([O-])c3cc(I)oc23)c1. The Morgan fingerprint density at radius 2 is 2.00 bits per heavy atom. The molecule has 0 spiro atoms. The Bertz CT molecular complexity index is 947. The fourth-order valence-electron chi connectivity index (χ4n) is 2.13. The highest BCUT2D eigenvalue weighted by Crippen LogP contribution is 2.30. The Hall–Kier alpha value is -1.61. The Morgan fingerprint density at radius 3 is 2.71 bits per heavy atom. The van der Waals surface area contributed by atoms with Crippen molar-refractivity contribution in [1.29, 1.82) is 0 Å². The van der Waals surface area contributed by atoms with Gasteiger partial charge in [-0.2, -0.15) is 4.73 Å². The monoisotopic (exact) mass is 415 g/mol. The lowest BCUT2D eigenvalue weighted by Crippen LogP contribution is -2.25. The van der Waals surface area contributed by atoms with Gasteiger partial charge in [0.15, 0.2) is 19.8 Å². The van der Waals surface area contributed by atoms with E-state index in [1.165, 1.54) is 6.20 Å². The summed E-state index contributed by atoms with van der Waals surface area (Å²) >= 11 is 1.99. The number of aromatic nitrogens is 1. The molecular weight excluding hydrogens is 405 g/mol. The highest BCUT2D eigenvalue weighted by Gasteiger charge is 2.17. The van der Waals surface area contributed by atoms with Gasteiger partial charge in [0, 0.05) is 17.9 Å². The topological polar surface area (TPSA) is 74.2 Å². The first kappa shape index (κ1) is 14.3. The van der Waals surface area contributed by atoms with Gasteiger partial charge in [-0.3, -0.25) is 0 Å². The largest absolute Gasteiger partial charge is 0.618 e. The van der Waals surface area contributed by atoms with Crippen LogP contribution < -0.4 is 4.73 Å². The normalized spacial score (nSPS) is 11.9. The molecule has 5 nitrogen and oxygen atoms in total. The average Bonchev–Trinajstić information content (AvgIpc) is 2.81. The zero-order chi connectivity index (χ0) is 15.2. The third-order valence-corrected chi connectivity index (χ3v) is 4.76. The minimum atomic E-state index is -3.29. The highest BCUT2D eigenvalue weighted by molar-refractivity contribution is 14.1. The number of rotatable bonds is 2. The molecular formula is C14H10INO4S. The van der Waals surface area contributed by atoms with Gasteiger partial charge in [-0.1, -0.05) is 12.1 Å². The molecule has 0 saturated carbocycles. The van der Waals surface area contributed by atoms with Crippen molar-refractivity contribution in [2.24, 2.45) is 0 Å². The smallest absolute Gasteiger partial charge is 0.264 e. The molecule has 0 N–H and O–H groups in total. The van der Waals surface area contributed by atoms with Gasteiger partial charge in [-0.05, 0) is 40.3 Å². The Balaban J connectivity index is 2.29. The lowest BCUT2D eigenvalue weighted by molar-refractivity contribution is -0.577. The summed E-state index contributed by atoms with van der Waals surface area (Å²) in [5.41, 5.74) is 2.24. The maximum absolute atomic E-state index is 11.8. The predicted octanol–water partition coefficient (Wildman–Crippen LogP) is 2.74. The van der Waals surface area contributed by atoms with Crippen LogP contribution in [0.3, 0.4) is 0 Å². The molecule has 3 aromatic rings. The molecule has 0 radical (unpaired) electrons. The summed E-state index contributed by atoms with van der Waals surface area (Å²) in [4.78, 5) is 0.230. The van der Waals surface area contributed by atoms with E-state index in [0.717, 1.165) is 11.0 Å². The Kier molecular flexibility index (Phi) is 3.40. The summed E-state index contributed by atoms with van der Waals surface area (Å²) in [7, 11) is -3.29. The van der Waals surface area contributed by atoms with Crippen LogP contribution in [0.5, 0.6) is 0 Å². The van der Waals surface area contributed by atoms with Crippen LogP contribution in [-0.4, -0.2) is 14.7 Å². The van der Waals surface area contributed by atoms with Gasteiger partial charge in [0.1, 0.15) is 0 Å². The van der Waals surface area contributed by atoms with Crippen LogP contribution in [0.1, 0.15) is 0 Å². The number of hydrogen-bond donors (Lipinski definition) is 0. The van der Waals surface area contributed by atoms with Gasteiger partial charge < -0.3 is 9.62 Å². The summed E-state index contributed by atoms with van der Waals surface area (Å²) in [6.45, 7) is 0. The molecule has 21 heavy (non-hydrogen) atoms. The van der Waals surface area contributed by atoms with Crippen LogP contribution in [0.2, 0.25) is 0 Å². The number of sulfone groups is 1. The van der Waals surface area contributed by atoms with E-state index < -0.39 is 9.84 Å². The Labute approximate surface area is 134 Å². The van der Waals surface area contributed by atoms with Crippen molar-refractivity contribution in [1.82, 2.24) is 0 Å². The van der Waals surface area contributed by atoms with Crippen LogP contribution >= 0.6 is 22.6 Å². The van der Waals surface area contributed by atoms with Crippen molar-refractivity contribution in [2.45, 2.75) is 4.90 Å². The number of pyridine rings is 1. The lowest BCUT2D eigenvalue weighted by Gasteiger charge is -2.05. The van der Waals surface area contributed by atoms with Crippen LogP contribution in [-0.2, 0) is 9.84 Å². The second-order valence-electron chi connectivity index (χ2n) is 4.62. The zero-order valence-corrected chi connectivity index (χ0v) is 13.9. The summed E-state index contributed by atoms with van der Waals surface area (Å²) in [6.07, 6.45) is 2.55. The standard InChI is InChI=1S/C14H10INO4S/c1-21(18,19)10-4-2-3-9(7-10)11-5-6-16(17)12-8-13(15)20-14(11)12/h2-8H,1H3. The molecule has 0 atom stereocenters. The van der Waals surface area contributed by atoms with Crippen molar-refractivity contribution < 1.29 is 17.6 Å². The molecule has 0 fully saturated rings. The van der Waals surface area contributed by atoms with Gasteiger partial charge >= 0.3 is 0 Å². The third-order valence-electron chi connectivity index (χ3n) is 3.11. The van der Waals surface area contributed by atoms with E-state index >= 15 is 0 Å². The van der Waals surface area contributed by atoms with Gasteiger partial charge in [0.2, 0.25) is 5.58 Å². The molecule has 0 aliphatic carbocycles. The van der Waals surface area contributed by atoms with E-state index in [1.54, 1.807) is 36.4 Å². The minimum absolute atomic E-state index is 0.230. The van der Waals surface area contributed by atoms with Crippen LogP contribution in [0, 0.1) is 8.97 Å². The molecule has 0 amide bonds. The minimum Gasteiger partial charge on any atom is -0.618 e. The third kappa shape index (κ3) is 2.62. The van der Waals surface area contributed by atoms with Crippen molar-refractivity contribution in [2.75, 3.05) is 6.26 Å². The molecule has 2 heterocycles. The van der Waals surface area contributed by atoms with E-state index in [1.807, 2.05) is 22.6 Å². The summed E-state index contributed by atoms with van der Waals surface area (Å²) in [5.74, 6) is 0. The lowest BCUT2D eigenvalue weighted by atomic mass is 10.1. The van der Waals surface area contributed by atoms with Crippen molar-refractivity contribution in [3.63, 3.8) is 0 Å². The van der Waals surface area contributed by atoms with E-state index in [-0.39, 0.29) is 4.90 Å². The maximum atomic E-state index is 11.8. The van der Waals surface area contributed by atoms with Crippen molar-refractivity contribution >= 4 is 43.5 Å². The number of nitrogens with zero attached hydrogens (tertiary/aromatic N) is 1. The Morgan fingerprint density at radius 1 is 1.24 bits per heavy atom. The van der Waals surface area contributed by atoms with Crippen molar-refractivity contribution in [3.8, 4) is 11.1 Å². The quantitative estimate of drug-likeness (QED) is 0.367. The fraction of sp³-hybridized carbons (Fsp3) is 0.0714. The van der Waals surface area contributed by atoms with Crippen LogP contribution in [0.15, 0.2) is 51.9 Å². The summed E-state index contributed by atoms with van der Waals surface area (Å²) in [5, 5.41) is 11.8. The van der Waals surface area contributed by atoms with Crippen LogP contribution in [0.4, 0.5) is 0 Å². The molecule has 3 rings (SSSR count). The first-order valence-corrected chi connectivity index (χ1v) is 8.95. The van der Waals surface area contributed by atoms with E-state index in [0.29, 0.717) is 26.0 Å². The molecule has 108 valence electrons. The molecule has 0 unspecified atom stereocenters.